The topological polar surface area (TPSA) is 46.6 Å². The first kappa shape index (κ1) is 21.3. The monoisotopic (exact) mass is 451 g/mol. The van der Waals surface area contributed by atoms with Crippen molar-refractivity contribution in [3.8, 4) is 5.75 Å². The van der Waals surface area contributed by atoms with E-state index in [-0.39, 0.29) is 18.3 Å². The minimum absolute atomic E-state index is 0.00979. The van der Waals surface area contributed by atoms with Crippen LogP contribution in [0.3, 0.4) is 0 Å². The summed E-state index contributed by atoms with van der Waals surface area (Å²) in [5.74, 6) is -0.230. The summed E-state index contributed by atoms with van der Waals surface area (Å²) in [7, 11) is -4.14. The van der Waals surface area contributed by atoms with Crippen molar-refractivity contribution in [2.45, 2.75) is 22.9 Å². The standard InChI is InChI=1S/C18H17ClF3NO3S2/c19-14-6-2-1-5-13(14)16-9-10-23(11-12-27-16)28(24,25)17-8-4-3-7-15(17)26-18(20,21)22/h1-8,16H,9-12H2. The van der Waals surface area contributed by atoms with Gasteiger partial charge in [0.25, 0.3) is 0 Å². The number of nitrogens with zero attached hydrogens (tertiary/aromatic N) is 1. The molecule has 0 amide bonds. The summed E-state index contributed by atoms with van der Waals surface area (Å²) in [6, 6.07) is 12.2. The average Bonchev–Trinajstić information content (AvgIpc) is 2.88. The second-order valence-corrected chi connectivity index (χ2v) is 9.69. The molecule has 1 heterocycles. The Labute approximate surface area is 170 Å². The van der Waals surface area contributed by atoms with Gasteiger partial charge in [-0.1, -0.05) is 41.9 Å². The molecule has 0 radical (unpaired) electrons. The third kappa shape index (κ3) is 4.94. The van der Waals surface area contributed by atoms with E-state index in [9.17, 15) is 21.6 Å². The zero-order chi connectivity index (χ0) is 20.4. The van der Waals surface area contributed by atoms with Gasteiger partial charge in [0.2, 0.25) is 10.0 Å². The molecule has 1 aliphatic heterocycles. The Morgan fingerprint density at radius 2 is 1.75 bits per heavy atom. The van der Waals surface area contributed by atoms with Crippen molar-refractivity contribution in [3.05, 3.63) is 59.1 Å². The molecule has 2 aromatic carbocycles. The van der Waals surface area contributed by atoms with E-state index in [0.717, 1.165) is 17.7 Å². The Hall–Kier alpha value is -1.42. The van der Waals surface area contributed by atoms with Gasteiger partial charge in [-0.2, -0.15) is 16.1 Å². The molecule has 1 saturated heterocycles. The smallest absolute Gasteiger partial charge is 0.404 e. The molecule has 28 heavy (non-hydrogen) atoms. The largest absolute Gasteiger partial charge is 0.573 e. The molecule has 0 bridgehead atoms. The highest BCUT2D eigenvalue weighted by atomic mass is 35.5. The lowest BCUT2D eigenvalue weighted by Gasteiger charge is -2.22. The fraction of sp³-hybridized carbons (Fsp3) is 0.333. The lowest BCUT2D eigenvalue weighted by molar-refractivity contribution is -0.275. The molecule has 1 unspecified atom stereocenters. The summed E-state index contributed by atoms with van der Waals surface area (Å²) in [4.78, 5) is -0.492. The van der Waals surface area contributed by atoms with E-state index in [2.05, 4.69) is 4.74 Å². The van der Waals surface area contributed by atoms with Crippen molar-refractivity contribution in [2.75, 3.05) is 18.8 Å². The number of benzene rings is 2. The number of ether oxygens (including phenoxy) is 1. The van der Waals surface area contributed by atoms with E-state index < -0.39 is 27.0 Å². The summed E-state index contributed by atoms with van der Waals surface area (Å²) in [6.07, 6.45) is -4.48. The highest BCUT2D eigenvalue weighted by molar-refractivity contribution is 7.99. The average molecular weight is 452 g/mol. The maximum Gasteiger partial charge on any atom is 0.573 e. The number of hydrogen-bond acceptors (Lipinski definition) is 4. The summed E-state index contributed by atoms with van der Waals surface area (Å²) in [5, 5.41) is 0.621. The molecule has 4 nitrogen and oxygen atoms in total. The van der Waals surface area contributed by atoms with Crippen LogP contribution in [0.2, 0.25) is 5.02 Å². The fourth-order valence-electron chi connectivity index (χ4n) is 2.99. The Bertz CT molecular complexity index is 938. The predicted molar refractivity (Wildman–Crippen MR) is 103 cm³/mol. The predicted octanol–water partition coefficient (Wildman–Crippen LogP) is 5.11. The molecule has 0 saturated carbocycles. The first-order chi connectivity index (χ1) is 13.2. The molecular weight excluding hydrogens is 435 g/mol. The van der Waals surface area contributed by atoms with Gasteiger partial charge >= 0.3 is 6.36 Å². The number of rotatable bonds is 4. The number of thioether (sulfide) groups is 1. The summed E-state index contributed by atoms with van der Waals surface area (Å²) < 4.78 is 69.1. The van der Waals surface area contributed by atoms with Gasteiger partial charge in [0.05, 0.1) is 0 Å². The fourth-order valence-corrected chi connectivity index (χ4v) is 6.27. The lowest BCUT2D eigenvalue weighted by Crippen LogP contribution is -2.33. The van der Waals surface area contributed by atoms with Gasteiger partial charge in [-0.05, 0) is 30.2 Å². The van der Waals surface area contributed by atoms with Crippen LogP contribution >= 0.6 is 23.4 Å². The quantitative estimate of drug-likeness (QED) is 0.648. The second-order valence-electron chi connectivity index (χ2n) is 6.07. The van der Waals surface area contributed by atoms with E-state index in [1.807, 2.05) is 18.2 Å². The van der Waals surface area contributed by atoms with Crippen molar-refractivity contribution in [1.82, 2.24) is 4.31 Å². The van der Waals surface area contributed by atoms with Crippen LogP contribution in [0.15, 0.2) is 53.4 Å². The van der Waals surface area contributed by atoms with Crippen molar-refractivity contribution < 1.29 is 26.3 Å². The van der Waals surface area contributed by atoms with Gasteiger partial charge in [-0.25, -0.2) is 8.42 Å². The molecule has 0 aliphatic carbocycles. The number of alkyl halides is 3. The van der Waals surface area contributed by atoms with Crippen molar-refractivity contribution in [2.24, 2.45) is 0 Å². The van der Waals surface area contributed by atoms with Gasteiger partial charge in [0, 0.05) is 29.1 Å². The van der Waals surface area contributed by atoms with E-state index in [4.69, 9.17) is 11.6 Å². The maximum absolute atomic E-state index is 13.0. The Balaban J connectivity index is 1.83. The zero-order valence-corrected chi connectivity index (χ0v) is 16.9. The van der Waals surface area contributed by atoms with Crippen LogP contribution in [-0.2, 0) is 10.0 Å². The molecule has 152 valence electrons. The summed E-state index contributed by atoms with van der Waals surface area (Å²) >= 11 is 7.83. The molecule has 0 N–H and O–H groups in total. The van der Waals surface area contributed by atoms with E-state index in [0.29, 0.717) is 17.2 Å². The molecule has 10 heteroatoms. The van der Waals surface area contributed by atoms with Crippen LogP contribution in [0.1, 0.15) is 17.2 Å². The minimum Gasteiger partial charge on any atom is -0.404 e. The van der Waals surface area contributed by atoms with Gasteiger partial charge < -0.3 is 4.74 Å². The molecule has 0 aromatic heterocycles. The van der Waals surface area contributed by atoms with Crippen molar-refractivity contribution in [3.63, 3.8) is 0 Å². The third-order valence-corrected chi connectivity index (χ3v) is 7.84. The maximum atomic E-state index is 13.0. The number of sulfonamides is 1. The normalized spacial score (nSPS) is 19.2. The van der Waals surface area contributed by atoms with Crippen LogP contribution in [0.5, 0.6) is 5.75 Å². The first-order valence-corrected chi connectivity index (χ1v) is 11.3. The molecule has 1 fully saturated rings. The van der Waals surface area contributed by atoms with Gasteiger partial charge in [0.1, 0.15) is 10.6 Å². The highest BCUT2D eigenvalue weighted by Gasteiger charge is 2.36. The van der Waals surface area contributed by atoms with E-state index in [1.54, 1.807) is 17.8 Å². The van der Waals surface area contributed by atoms with Crippen molar-refractivity contribution in [1.29, 1.82) is 0 Å². The second kappa shape index (κ2) is 8.52. The van der Waals surface area contributed by atoms with E-state index >= 15 is 0 Å². The van der Waals surface area contributed by atoms with Gasteiger partial charge in [-0.15, -0.1) is 13.2 Å². The number of halogens is 4. The molecule has 0 spiro atoms. The SMILES string of the molecule is O=S(=O)(c1ccccc1OC(F)(F)F)N1CCSC(c2ccccc2Cl)CC1. The zero-order valence-electron chi connectivity index (χ0n) is 14.5. The molecule has 1 aliphatic rings. The van der Waals surface area contributed by atoms with Crippen LogP contribution in [0.4, 0.5) is 13.2 Å². The lowest BCUT2D eigenvalue weighted by atomic mass is 10.1. The van der Waals surface area contributed by atoms with Crippen LogP contribution < -0.4 is 4.74 Å². The molecule has 2 aromatic rings. The summed E-state index contributed by atoms with van der Waals surface area (Å²) in [6.45, 7) is 0.361. The molecule has 3 rings (SSSR count). The van der Waals surface area contributed by atoms with Gasteiger partial charge in [-0.3, -0.25) is 0 Å². The van der Waals surface area contributed by atoms with Crippen molar-refractivity contribution >= 4 is 33.4 Å². The molecule has 1 atom stereocenters. The molecular formula is C18H17ClF3NO3S2. The van der Waals surface area contributed by atoms with Crippen LogP contribution in [-0.4, -0.2) is 37.9 Å². The Morgan fingerprint density at radius 3 is 2.46 bits per heavy atom. The number of hydrogen-bond donors (Lipinski definition) is 0. The highest BCUT2D eigenvalue weighted by Crippen LogP contribution is 2.39. The van der Waals surface area contributed by atoms with E-state index in [1.165, 1.54) is 16.4 Å². The van der Waals surface area contributed by atoms with Gasteiger partial charge in [0.15, 0.2) is 0 Å². The third-order valence-electron chi connectivity index (χ3n) is 4.25. The van der Waals surface area contributed by atoms with Crippen LogP contribution in [0.25, 0.3) is 0 Å². The summed E-state index contributed by atoms with van der Waals surface area (Å²) in [5.41, 5.74) is 0.925. The Morgan fingerprint density at radius 1 is 1.07 bits per heavy atom. The number of para-hydroxylation sites is 1. The Kier molecular flexibility index (Phi) is 6.48. The minimum atomic E-state index is -4.98. The van der Waals surface area contributed by atoms with Crippen LogP contribution in [0, 0.1) is 0 Å². The first-order valence-electron chi connectivity index (χ1n) is 8.39.